The second-order valence-corrected chi connectivity index (χ2v) is 4.03. The molecule has 1 aromatic rings. The second-order valence-electron chi connectivity index (χ2n) is 4.03. The summed E-state index contributed by atoms with van der Waals surface area (Å²) in [6.07, 6.45) is 0. The quantitative estimate of drug-likeness (QED) is 0.720. The monoisotopic (exact) mass is 224 g/mol. The topological polar surface area (TPSA) is 6.48 Å². The van der Waals surface area contributed by atoms with Crippen LogP contribution in [0.4, 0.5) is 4.39 Å². The fraction of sp³-hybridized carbons (Fsp3) is 0.538. The Morgan fingerprint density at radius 2 is 1.62 bits per heavy atom. The smallest absolute Gasteiger partial charge is 0.123 e. The summed E-state index contributed by atoms with van der Waals surface area (Å²) < 4.78 is 11.9. The van der Waals surface area contributed by atoms with Gasteiger partial charge in [-0.05, 0) is 25.7 Å². The largest absolute Gasteiger partial charge is 0.304 e. The zero-order valence-corrected chi connectivity index (χ0v) is 10.2. The molecule has 2 rings (SSSR count). The number of hydrogen-bond acceptors (Lipinski definition) is 2. The summed E-state index contributed by atoms with van der Waals surface area (Å²) in [5.74, 6) is -0.178. The van der Waals surface area contributed by atoms with Gasteiger partial charge < -0.3 is 9.80 Å². The highest BCUT2D eigenvalue weighted by molar-refractivity contribution is 5.02. The van der Waals surface area contributed by atoms with Crippen molar-refractivity contribution in [2.75, 3.05) is 39.8 Å². The molecular formula is C13H21FN2. The van der Waals surface area contributed by atoms with Crippen LogP contribution >= 0.6 is 0 Å². The number of hydrogen-bond donors (Lipinski definition) is 0. The lowest BCUT2D eigenvalue weighted by molar-refractivity contribution is 0.160. The molecule has 0 spiro atoms. The lowest BCUT2D eigenvalue weighted by Gasteiger charge is -2.31. The summed E-state index contributed by atoms with van der Waals surface area (Å²) in [6, 6.07) is 7.94. The maximum absolute atomic E-state index is 11.9. The number of piperazine rings is 1. The van der Waals surface area contributed by atoms with Gasteiger partial charge in [0.2, 0.25) is 0 Å². The fourth-order valence-corrected chi connectivity index (χ4v) is 1.58. The first kappa shape index (κ1) is 13.1. The van der Waals surface area contributed by atoms with Gasteiger partial charge in [0.25, 0.3) is 0 Å². The summed E-state index contributed by atoms with van der Waals surface area (Å²) >= 11 is 0. The average molecular weight is 224 g/mol. The molecule has 0 amide bonds. The van der Waals surface area contributed by atoms with Crippen molar-refractivity contribution in [1.82, 2.24) is 9.80 Å². The van der Waals surface area contributed by atoms with E-state index in [2.05, 4.69) is 23.8 Å². The van der Waals surface area contributed by atoms with Crippen molar-refractivity contribution in [2.45, 2.75) is 6.92 Å². The molecule has 1 heterocycles. The average Bonchev–Trinajstić information content (AvgIpc) is 2.32. The molecule has 2 nitrogen and oxygen atoms in total. The molecule has 1 aliphatic heterocycles. The zero-order chi connectivity index (χ0) is 11.8. The van der Waals surface area contributed by atoms with Crippen LogP contribution in [0.1, 0.15) is 6.92 Å². The lowest BCUT2D eigenvalue weighted by Crippen LogP contribution is -2.44. The normalized spacial score (nSPS) is 17.7. The molecule has 0 aromatic heterocycles. The number of halogens is 1. The Balaban J connectivity index is 0.000000165. The fourth-order valence-electron chi connectivity index (χ4n) is 1.58. The molecule has 0 radical (unpaired) electrons. The Morgan fingerprint density at radius 1 is 1.06 bits per heavy atom. The minimum Gasteiger partial charge on any atom is -0.304 e. The van der Waals surface area contributed by atoms with E-state index >= 15 is 0 Å². The SMILES string of the molecule is CCN1CCN(C)CC1.Fc1ccccc1. The molecule has 1 aliphatic rings. The molecule has 0 bridgehead atoms. The van der Waals surface area contributed by atoms with Gasteiger partial charge in [-0.1, -0.05) is 25.1 Å². The van der Waals surface area contributed by atoms with Gasteiger partial charge in [0.15, 0.2) is 0 Å². The molecule has 16 heavy (non-hydrogen) atoms. The number of benzene rings is 1. The molecule has 1 saturated heterocycles. The first-order valence-corrected chi connectivity index (χ1v) is 5.84. The summed E-state index contributed by atoms with van der Waals surface area (Å²) in [5, 5.41) is 0. The molecule has 0 atom stereocenters. The van der Waals surface area contributed by atoms with E-state index in [9.17, 15) is 4.39 Å². The van der Waals surface area contributed by atoms with Crippen LogP contribution in [-0.4, -0.2) is 49.6 Å². The van der Waals surface area contributed by atoms with Gasteiger partial charge in [-0.25, -0.2) is 4.39 Å². The number of nitrogens with zero attached hydrogens (tertiary/aromatic N) is 2. The van der Waals surface area contributed by atoms with Crippen LogP contribution in [0.25, 0.3) is 0 Å². The highest BCUT2D eigenvalue weighted by Gasteiger charge is 2.10. The van der Waals surface area contributed by atoms with Crippen molar-refractivity contribution in [3.05, 3.63) is 36.1 Å². The summed E-state index contributed by atoms with van der Waals surface area (Å²) in [5.41, 5.74) is 0. The van der Waals surface area contributed by atoms with E-state index in [1.165, 1.54) is 44.9 Å². The lowest BCUT2D eigenvalue weighted by atomic mass is 10.3. The Kier molecular flexibility index (Phi) is 6.04. The van der Waals surface area contributed by atoms with Crippen molar-refractivity contribution in [3.8, 4) is 0 Å². The van der Waals surface area contributed by atoms with Crippen molar-refractivity contribution >= 4 is 0 Å². The third kappa shape index (κ3) is 5.24. The Hall–Kier alpha value is -0.930. The maximum atomic E-state index is 11.9. The van der Waals surface area contributed by atoms with Crippen molar-refractivity contribution < 1.29 is 4.39 Å². The minimum absolute atomic E-state index is 0.178. The molecule has 0 saturated carbocycles. The van der Waals surface area contributed by atoms with E-state index < -0.39 is 0 Å². The van der Waals surface area contributed by atoms with Gasteiger partial charge in [-0.15, -0.1) is 0 Å². The van der Waals surface area contributed by atoms with Crippen molar-refractivity contribution in [3.63, 3.8) is 0 Å². The minimum atomic E-state index is -0.178. The van der Waals surface area contributed by atoms with E-state index in [1.54, 1.807) is 18.2 Å². The van der Waals surface area contributed by atoms with Crippen LogP contribution in [0.2, 0.25) is 0 Å². The number of likely N-dealkylation sites (N-methyl/N-ethyl adjacent to an activating group) is 2. The molecule has 3 heteroatoms. The maximum Gasteiger partial charge on any atom is 0.123 e. The second kappa shape index (κ2) is 7.36. The third-order valence-corrected chi connectivity index (χ3v) is 2.78. The molecule has 90 valence electrons. The zero-order valence-electron chi connectivity index (χ0n) is 10.2. The van der Waals surface area contributed by atoms with Crippen molar-refractivity contribution in [2.24, 2.45) is 0 Å². The summed E-state index contributed by atoms with van der Waals surface area (Å²) in [7, 11) is 2.19. The van der Waals surface area contributed by atoms with Crippen LogP contribution < -0.4 is 0 Å². The van der Waals surface area contributed by atoms with Gasteiger partial charge in [-0.3, -0.25) is 0 Å². The van der Waals surface area contributed by atoms with Gasteiger partial charge in [0, 0.05) is 26.2 Å². The van der Waals surface area contributed by atoms with Gasteiger partial charge in [-0.2, -0.15) is 0 Å². The Labute approximate surface area is 97.7 Å². The van der Waals surface area contributed by atoms with Crippen LogP contribution in [0.15, 0.2) is 30.3 Å². The molecule has 0 unspecified atom stereocenters. The highest BCUT2D eigenvalue weighted by atomic mass is 19.1. The van der Waals surface area contributed by atoms with Crippen LogP contribution in [0.3, 0.4) is 0 Å². The third-order valence-electron chi connectivity index (χ3n) is 2.78. The van der Waals surface area contributed by atoms with Gasteiger partial charge in [0.05, 0.1) is 0 Å². The van der Waals surface area contributed by atoms with E-state index in [0.717, 1.165) is 0 Å². The predicted octanol–water partition coefficient (Wildman–Crippen LogP) is 2.08. The molecule has 0 N–H and O–H groups in total. The molecular weight excluding hydrogens is 203 g/mol. The molecule has 1 fully saturated rings. The van der Waals surface area contributed by atoms with Gasteiger partial charge >= 0.3 is 0 Å². The summed E-state index contributed by atoms with van der Waals surface area (Å²) in [6.45, 7) is 8.45. The number of rotatable bonds is 1. The van der Waals surface area contributed by atoms with Crippen molar-refractivity contribution in [1.29, 1.82) is 0 Å². The van der Waals surface area contributed by atoms with E-state index in [1.807, 2.05) is 0 Å². The first-order valence-electron chi connectivity index (χ1n) is 5.84. The van der Waals surface area contributed by atoms with Gasteiger partial charge in [0.1, 0.15) is 5.82 Å². The van der Waals surface area contributed by atoms with E-state index in [4.69, 9.17) is 0 Å². The molecule has 1 aromatic carbocycles. The molecule has 0 aliphatic carbocycles. The van der Waals surface area contributed by atoms with Crippen LogP contribution in [0.5, 0.6) is 0 Å². The Bertz CT molecular complexity index is 269. The van der Waals surface area contributed by atoms with Crippen LogP contribution in [0, 0.1) is 5.82 Å². The highest BCUT2D eigenvalue weighted by Crippen LogP contribution is 1.96. The standard InChI is InChI=1S/C7H16N2.C6H5F/c1-3-9-6-4-8(2)5-7-9;7-6-4-2-1-3-5-6/h3-7H2,1-2H3;1-5H. The van der Waals surface area contributed by atoms with E-state index in [0.29, 0.717) is 0 Å². The first-order chi connectivity index (χ1) is 7.72. The predicted molar refractivity (Wildman–Crippen MR) is 66.0 cm³/mol. The van der Waals surface area contributed by atoms with Crippen LogP contribution in [-0.2, 0) is 0 Å². The summed E-state index contributed by atoms with van der Waals surface area (Å²) in [4.78, 5) is 4.87. The van der Waals surface area contributed by atoms with E-state index in [-0.39, 0.29) is 5.82 Å². The Morgan fingerprint density at radius 3 is 2.00 bits per heavy atom.